The number of hydroxylamine groups is 2. The number of phosphoric acid groups is 1. The molecule has 2 atom stereocenters. The Bertz CT molecular complexity index is 428. The van der Waals surface area contributed by atoms with E-state index in [1.54, 1.807) is 0 Å². The van der Waals surface area contributed by atoms with Gasteiger partial charge >= 0.3 is 65.1 Å². The van der Waals surface area contributed by atoms with E-state index in [2.05, 4.69) is 4.52 Å². The monoisotopic (exact) mass is 373 g/mol. The Morgan fingerprint density at radius 3 is 2.13 bits per heavy atom. The number of hydrogen-bond donors (Lipinski definition) is 3. The largest absolute Gasteiger partial charge is 1.00 e. The minimum Gasteiger partial charge on any atom is -0.756 e. The number of aliphatic carboxylic acids is 2. The quantitative estimate of drug-likeness (QED) is 0.0828. The first-order valence-electron chi connectivity index (χ1n) is 5.66. The average molecular weight is 373 g/mol. The van der Waals surface area contributed by atoms with E-state index in [-0.39, 0.29) is 90.2 Å². The van der Waals surface area contributed by atoms with Gasteiger partial charge in [-0.1, -0.05) is 0 Å². The minimum absolute atomic E-state index is 0. The van der Waals surface area contributed by atoms with Gasteiger partial charge in [-0.15, -0.1) is 0 Å². The second-order valence-corrected chi connectivity index (χ2v) is 5.14. The number of unbranched alkanes of at least 4 members (excludes halogenated alkanes) is 1. The molecule has 0 aromatic rings. The van der Waals surface area contributed by atoms with Crippen molar-refractivity contribution in [3.05, 3.63) is 0 Å². The zero-order valence-electron chi connectivity index (χ0n) is 12.7. The van der Waals surface area contributed by atoms with Gasteiger partial charge in [-0.05, 0) is 12.8 Å². The van der Waals surface area contributed by atoms with Crippen LogP contribution >= 0.6 is 7.82 Å². The summed E-state index contributed by atoms with van der Waals surface area (Å²) in [4.78, 5) is 50.8. The van der Waals surface area contributed by atoms with Crippen LogP contribution in [0.25, 0.3) is 0 Å². The molecule has 0 rings (SSSR count). The van der Waals surface area contributed by atoms with Crippen molar-refractivity contribution in [2.45, 2.75) is 19.3 Å². The first-order chi connectivity index (χ1) is 9.54. The third kappa shape index (κ3) is 14.5. The molecule has 0 aliphatic heterocycles. The predicted molar refractivity (Wildman–Crippen MR) is 59.3 cm³/mol. The molecule has 0 spiro atoms. The van der Waals surface area contributed by atoms with Gasteiger partial charge in [0.2, 0.25) is 5.91 Å². The Kier molecular flexibility index (Phi) is 16.9. The SMILES string of the molecule is O=C([O-])C(CC(=O)N(O)CCCCOP(=O)([O-])O)C(=O)O.[Na+].[Na+]. The molecule has 0 aliphatic carbocycles. The zero-order chi connectivity index (χ0) is 16.6. The molecular formula is C9H14NNa2O10P. The summed E-state index contributed by atoms with van der Waals surface area (Å²) in [5.74, 6) is -6.92. The van der Waals surface area contributed by atoms with Crippen molar-refractivity contribution < 1.29 is 108 Å². The molecule has 0 heterocycles. The Labute approximate surface area is 175 Å². The maximum absolute atomic E-state index is 11.3. The fourth-order valence-corrected chi connectivity index (χ4v) is 1.58. The maximum Gasteiger partial charge on any atom is 1.00 e. The van der Waals surface area contributed by atoms with Crippen LogP contribution in [0.15, 0.2) is 0 Å². The van der Waals surface area contributed by atoms with Gasteiger partial charge in [-0.2, -0.15) is 0 Å². The third-order valence-corrected chi connectivity index (χ3v) is 2.78. The van der Waals surface area contributed by atoms with Gasteiger partial charge < -0.3 is 29.3 Å². The Balaban J connectivity index is -0.00000200. The molecule has 0 saturated carbocycles. The van der Waals surface area contributed by atoms with E-state index < -0.39 is 38.0 Å². The van der Waals surface area contributed by atoms with Crippen LogP contribution in [0.4, 0.5) is 0 Å². The molecule has 14 heteroatoms. The topological polar surface area (TPSA) is 188 Å². The Morgan fingerprint density at radius 1 is 1.22 bits per heavy atom. The van der Waals surface area contributed by atoms with E-state index in [4.69, 9.17) is 10.00 Å². The van der Waals surface area contributed by atoms with E-state index in [0.717, 1.165) is 0 Å². The summed E-state index contributed by atoms with van der Waals surface area (Å²) in [7, 11) is -4.82. The Hall–Kier alpha value is 0.480. The second kappa shape index (κ2) is 13.7. The number of nitrogens with zero attached hydrogens (tertiary/aromatic N) is 1. The molecule has 0 radical (unpaired) electrons. The molecule has 0 bridgehead atoms. The molecule has 11 nitrogen and oxygen atoms in total. The summed E-state index contributed by atoms with van der Waals surface area (Å²) in [5.41, 5.74) is 0. The van der Waals surface area contributed by atoms with E-state index >= 15 is 0 Å². The van der Waals surface area contributed by atoms with Crippen molar-refractivity contribution in [2.24, 2.45) is 5.92 Å². The molecule has 0 fully saturated rings. The molecule has 0 aromatic carbocycles. The van der Waals surface area contributed by atoms with Gasteiger partial charge in [-0.25, -0.2) is 5.06 Å². The maximum atomic E-state index is 11.3. The van der Waals surface area contributed by atoms with Crippen LogP contribution < -0.4 is 69.1 Å². The first kappa shape index (κ1) is 28.3. The van der Waals surface area contributed by atoms with Crippen molar-refractivity contribution in [3.8, 4) is 0 Å². The van der Waals surface area contributed by atoms with Crippen molar-refractivity contribution in [1.29, 1.82) is 0 Å². The van der Waals surface area contributed by atoms with E-state index in [1.807, 2.05) is 0 Å². The third-order valence-electron chi connectivity index (χ3n) is 2.27. The summed E-state index contributed by atoms with van der Waals surface area (Å²) in [5, 5.41) is 28.4. The van der Waals surface area contributed by atoms with Crippen LogP contribution in [0.1, 0.15) is 19.3 Å². The van der Waals surface area contributed by atoms with Gasteiger partial charge in [0, 0.05) is 13.0 Å². The van der Waals surface area contributed by atoms with Gasteiger partial charge in [0.1, 0.15) is 5.92 Å². The zero-order valence-corrected chi connectivity index (χ0v) is 17.6. The number of carboxylic acid groups (broad SMARTS) is 2. The van der Waals surface area contributed by atoms with Crippen molar-refractivity contribution in [1.82, 2.24) is 5.06 Å². The molecule has 3 N–H and O–H groups in total. The first-order valence-corrected chi connectivity index (χ1v) is 7.15. The number of rotatable bonds is 10. The smallest absolute Gasteiger partial charge is 0.756 e. The molecule has 1 amide bonds. The standard InChI is InChI=1S/C9H16NO10P.2Na/c11-7(5-6(8(12)13)9(14)15)10(16)3-1-2-4-20-21(17,18)19;;/h6,16H,1-5H2,(H,12,13)(H,14,15)(H2,17,18,19);;/q;2*+1/p-2. The fraction of sp³-hybridized carbons (Fsp3) is 0.667. The van der Waals surface area contributed by atoms with E-state index in [9.17, 15) is 34.2 Å². The van der Waals surface area contributed by atoms with Gasteiger partial charge in [0.05, 0.1) is 12.6 Å². The van der Waals surface area contributed by atoms with Crippen molar-refractivity contribution in [3.63, 3.8) is 0 Å². The van der Waals surface area contributed by atoms with Gasteiger partial charge in [-0.3, -0.25) is 19.4 Å². The molecular weight excluding hydrogens is 359 g/mol. The molecule has 23 heavy (non-hydrogen) atoms. The predicted octanol–water partition coefficient (Wildman–Crippen LogP) is -8.69. The number of phosphoric ester groups is 1. The van der Waals surface area contributed by atoms with Crippen LogP contribution in [0.5, 0.6) is 0 Å². The second-order valence-electron chi connectivity index (χ2n) is 3.94. The number of amides is 1. The van der Waals surface area contributed by atoms with Crippen LogP contribution in [-0.2, 0) is 23.5 Å². The summed E-state index contributed by atoms with van der Waals surface area (Å²) in [6.07, 6.45) is -0.831. The summed E-state index contributed by atoms with van der Waals surface area (Å²) in [6, 6.07) is 0. The molecule has 0 saturated heterocycles. The summed E-state index contributed by atoms with van der Waals surface area (Å²) >= 11 is 0. The fourth-order valence-electron chi connectivity index (χ4n) is 1.22. The van der Waals surface area contributed by atoms with E-state index in [0.29, 0.717) is 0 Å². The van der Waals surface area contributed by atoms with Crippen molar-refractivity contribution in [2.75, 3.05) is 13.2 Å². The summed E-state index contributed by atoms with van der Waals surface area (Å²) in [6.45, 7) is -0.660. The normalized spacial score (nSPS) is 13.7. The molecule has 0 aromatic heterocycles. The van der Waals surface area contributed by atoms with Gasteiger partial charge in [0.15, 0.2) is 0 Å². The minimum atomic E-state index is -4.82. The Morgan fingerprint density at radius 2 is 1.74 bits per heavy atom. The number of carboxylic acids is 2. The van der Waals surface area contributed by atoms with Crippen LogP contribution in [0.2, 0.25) is 0 Å². The van der Waals surface area contributed by atoms with Crippen molar-refractivity contribution >= 4 is 25.7 Å². The number of carbonyl (C=O) groups is 3. The van der Waals surface area contributed by atoms with Crippen LogP contribution in [0.3, 0.4) is 0 Å². The summed E-state index contributed by atoms with van der Waals surface area (Å²) < 4.78 is 14.2. The van der Waals surface area contributed by atoms with Crippen LogP contribution in [-0.4, -0.2) is 51.3 Å². The number of hydrogen-bond acceptors (Lipinski definition) is 8. The average Bonchev–Trinajstić information content (AvgIpc) is 2.32. The molecule has 2 unspecified atom stereocenters. The molecule has 122 valence electrons. The molecule has 0 aliphatic rings. The van der Waals surface area contributed by atoms with Gasteiger partial charge in [0.25, 0.3) is 7.82 Å². The number of carbonyl (C=O) groups excluding carboxylic acids is 2. The van der Waals surface area contributed by atoms with E-state index in [1.165, 1.54) is 0 Å². The van der Waals surface area contributed by atoms with Crippen LogP contribution in [0, 0.1) is 5.92 Å².